The summed E-state index contributed by atoms with van der Waals surface area (Å²) in [5, 5.41) is 4.74. The Labute approximate surface area is 237 Å². The van der Waals surface area contributed by atoms with Crippen molar-refractivity contribution in [1.82, 2.24) is 19.5 Å². The average Bonchev–Trinajstić information content (AvgIpc) is 3.60. The summed E-state index contributed by atoms with van der Waals surface area (Å²) in [4.78, 5) is 15.0. The van der Waals surface area contributed by atoms with Gasteiger partial charge in [0, 0.05) is 27.5 Å². The maximum atomic E-state index is 8.71. The maximum Gasteiger partial charge on any atom is 0.166 e. The van der Waals surface area contributed by atoms with E-state index >= 15 is 0 Å². The van der Waals surface area contributed by atoms with Crippen LogP contribution in [0.5, 0.6) is 0 Å². The summed E-state index contributed by atoms with van der Waals surface area (Å²) in [6.07, 6.45) is 0. The Morgan fingerprint density at radius 1 is 0.439 bits per heavy atom. The number of benzene rings is 6. The fraction of sp³-hybridized carbons (Fsp3) is 0. The molecule has 1 aliphatic carbocycles. The molecule has 4 nitrogen and oxygen atoms in total. The van der Waals surface area contributed by atoms with Gasteiger partial charge in [-0.15, -0.1) is 0 Å². The number of para-hydroxylation sites is 1. The standard InChI is InChI=1S/C37H22N4/c1-3-11-24(12-4-1)35-38-36(25-13-5-2-6-14-25)40-37(39-35)28-16-7-8-19-29(28)41-30-20-10-18-27-26-17-9-15-23-21-22-31(41)34(32(23)26)33(27)30/h1-22H/i17D. The predicted octanol–water partition coefficient (Wildman–Crippen LogP) is 9.10. The summed E-state index contributed by atoms with van der Waals surface area (Å²) in [6.45, 7) is 0. The van der Waals surface area contributed by atoms with Crippen molar-refractivity contribution >= 4 is 32.6 Å². The van der Waals surface area contributed by atoms with Gasteiger partial charge < -0.3 is 4.57 Å². The highest BCUT2D eigenvalue weighted by Gasteiger charge is 2.26. The van der Waals surface area contributed by atoms with E-state index in [2.05, 4.69) is 59.2 Å². The van der Waals surface area contributed by atoms with E-state index in [1.54, 1.807) is 0 Å². The second kappa shape index (κ2) is 8.44. The lowest BCUT2D eigenvalue weighted by molar-refractivity contribution is 1.06. The Balaban J connectivity index is 1.35. The second-order valence-corrected chi connectivity index (χ2v) is 10.4. The minimum Gasteiger partial charge on any atom is -0.308 e. The summed E-state index contributed by atoms with van der Waals surface area (Å²) in [5.41, 5.74) is 8.20. The molecule has 0 amide bonds. The van der Waals surface area contributed by atoms with E-state index in [4.69, 9.17) is 16.3 Å². The molecule has 0 unspecified atom stereocenters. The van der Waals surface area contributed by atoms with Gasteiger partial charge in [0.15, 0.2) is 17.5 Å². The molecule has 41 heavy (non-hydrogen) atoms. The van der Waals surface area contributed by atoms with E-state index in [0.29, 0.717) is 23.5 Å². The van der Waals surface area contributed by atoms with Gasteiger partial charge in [-0.2, -0.15) is 0 Å². The van der Waals surface area contributed by atoms with Crippen molar-refractivity contribution in [2.24, 2.45) is 0 Å². The molecule has 6 aromatic carbocycles. The van der Waals surface area contributed by atoms with Crippen LogP contribution in [0.15, 0.2) is 133 Å². The van der Waals surface area contributed by atoms with Gasteiger partial charge in [-0.05, 0) is 46.2 Å². The fourth-order valence-electron chi connectivity index (χ4n) is 6.33. The molecule has 4 heteroatoms. The molecule has 0 saturated carbocycles. The molecule has 9 rings (SSSR count). The molecule has 190 valence electrons. The molecule has 0 bridgehead atoms. The third-order valence-electron chi connectivity index (χ3n) is 8.08. The SMILES string of the molecule is [2H]c1ccc2ccc3c4c2c1-c1cccc(c14)n3-c1ccccc1-c1nc(-c2ccccc2)nc(-c2ccccc2)n1. The summed E-state index contributed by atoms with van der Waals surface area (Å²) < 4.78 is 11.0. The molecule has 2 heterocycles. The van der Waals surface area contributed by atoms with Crippen LogP contribution in [0, 0.1) is 0 Å². The molecule has 0 radical (unpaired) electrons. The van der Waals surface area contributed by atoms with Crippen molar-refractivity contribution in [3.05, 3.63) is 133 Å². The summed E-state index contributed by atoms with van der Waals surface area (Å²) in [6, 6.07) is 43.8. The Kier molecular flexibility index (Phi) is 4.37. The highest BCUT2D eigenvalue weighted by Crippen LogP contribution is 2.50. The van der Waals surface area contributed by atoms with Crippen molar-refractivity contribution in [2.75, 3.05) is 0 Å². The van der Waals surface area contributed by atoms with Gasteiger partial charge in [0.1, 0.15) is 0 Å². The summed E-state index contributed by atoms with van der Waals surface area (Å²) in [5.74, 6) is 1.90. The molecule has 0 atom stereocenters. The summed E-state index contributed by atoms with van der Waals surface area (Å²) >= 11 is 0. The average molecular weight is 524 g/mol. The van der Waals surface area contributed by atoms with Crippen LogP contribution in [0.2, 0.25) is 0 Å². The Bertz CT molecular complexity index is 2300. The van der Waals surface area contributed by atoms with Crippen LogP contribution in [0.3, 0.4) is 0 Å². The van der Waals surface area contributed by atoms with E-state index in [1.807, 2.05) is 72.8 Å². The van der Waals surface area contributed by atoms with Gasteiger partial charge in [-0.3, -0.25) is 0 Å². The van der Waals surface area contributed by atoms with Gasteiger partial charge >= 0.3 is 0 Å². The maximum absolute atomic E-state index is 8.71. The van der Waals surface area contributed by atoms with Crippen molar-refractivity contribution in [2.45, 2.75) is 0 Å². The van der Waals surface area contributed by atoms with Crippen LogP contribution < -0.4 is 0 Å². The molecule has 2 aromatic heterocycles. The Hall–Kier alpha value is -5.61. The smallest absolute Gasteiger partial charge is 0.166 e. The highest BCUT2D eigenvalue weighted by molar-refractivity contribution is 6.33. The van der Waals surface area contributed by atoms with E-state index in [9.17, 15) is 0 Å². The highest BCUT2D eigenvalue weighted by atomic mass is 15.1. The first-order valence-electron chi connectivity index (χ1n) is 14.2. The largest absolute Gasteiger partial charge is 0.308 e. The van der Waals surface area contributed by atoms with Crippen molar-refractivity contribution in [1.29, 1.82) is 0 Å². The van der Waals surface area contributed by atoms with Crippen molar-refractivity contribution in [3.8, 4) is 51.0 Å². The quantitative estimate of drug-likeness (QED) is 0.231. The Morgan fingerprint density at radius 2 is 1.07 bits per heavy atom. The van der Waals surface area contributed by atoms with Gasteiger partial charge in [0.2, 0.25) is 0 Å². The zero-order chi connectivity index (χ0) is 27.8. The van der Waals surface area contributed by atoms with Crippen molar-refractivity contribution in [3.63, 3.8) is 0 Å². The van der Waals surface area contributed by atoms with E-state index < -0.39 is 0 Å². The first-order chi connectivity index (χ1) is 20.8. The molecule has 1 aliphatic rings. The first-order valence-corrected chi connectivity index (χ1v) is 13.7. The Morgan fingerprint density at radius 3 is 1.83 bits per heavy atom. The van der Waals surface area contributed by atoms with Crippen LogP contribution in [-0.4, -0.2) is 19.5 Å². The molecule has 8 aromatic rings. The normalized spacial score (nSPS) is 12.2. The zero-order valence-corrected chi connectivity index (χ0v) is 21.9. The second-order valence-electron chi connectivity index (χ2n) is 10.4. The van der Waals surface area contributed by atoms with Crippen LogP contribution in [0.25, 0.3) is 83.6 Å². The number of rotatable bonds is 4. The fourth-order valence-corrected chi connectivity index (χ4v) is 6.33. The van der Waals surface area contributed by atoms with Crippen molar-refractivity contribution < 1.29 is 1.37 Å². The molecule has 0 spiro atoms. The van der Waals surface area contributed by atoms with Gasteiger partial charge in [-0.25, -0.2) is 15.0 Å². The number of fused-ring (bicyclic) bond motifs is 1. The number of nitrogens with zero attached hydrogens (tertiary/aromatic N) is 4. The van der Waals surface area contributed by atoms with E-state index in [0.717, 1.165) is 49.9 Å². The first kappa shape index (κ1) is 21.2. The lowest BCUT2D eigenvalue weighted by Gasteiger charge is -2.15. The molecule has 0 aliphatic heterocycles. The van der Waals surface area contributed by atoms with Crippen LogP contribution in [-0.2, 0) is 0 Å². The predicted molar refractivity (Wildman–Crippen MR) is 167 cm³/mol. The topological polar surface area (TPSA) is 43.6 Å². The molecule has 0 N–H and O–H groups in total. The molecule has 0 saturated heterocycles. The van der Waals surface area contributed by atoms with E-state index in [1.165, 1.54) is 16.2 Å². The third kappa shape index (κ3) is 3.19. The minimum absolute atomic E-state index is 0.567. The summed E-state index contributed by atoms with van der Waals surface area (Å²) in [7, 11) is 0. The van der Waals surface area contributed by atoms with Gasteiger partial charge in [0.25, 0.3) is 0 Å². The zero-order valence-electron chi connectivity index (χ0n) is 22.9. The van der Waals surface area contributed by atoms with Crippen LogP contribution in [0.1, 0.15) is 1.37 Å². The third-order valence-corrected chi connectivity index (χ3v) is 8.08. The minimum atomic E-state index is 0.567. The molecular weight excluding hydrogens is 500 g/mol. The van der Waals surface area contributed by atoms with E-state index in [-0.39, 0.29) is 0 Å². The monoisotopic (exact) mass is 523 g/mol. The lowest BCUT2D eigenvalue weighted by Crippen LogP contribution is -2.03. The van der Waals surface area contributed by atoms with Crippen LogP contribution in [0.4, 0.5) is 0 Å². The van der Waals surface area contributed by atoms with Crippen LogP contribution >= 0.6 is 0 Å². The number of hydrogen-bond donors (Lipinski definition) is 0. The van der Waals surface area contributed by atoms with Gasteiger partial charge in [-0.1, -0.05) is 109 Å². The molecule has 0 fully saturated rings. The number of aromatic nitrogens is 4. The number of hydrogen-bond acceptors (Lipinski definition) is 3. The molecular formula is C37H22N4. The lowest BCUT2D eigenvalue weighted by atomic mass is 10.0. The van der Waals surface area contributed by atoms with Gasteiger partial charge in [0.05, 0.1) is 18.1 Å².